The Morgan fingerprint density at radius 3 is 2.71 bits per heavy atom. The molecule has 1 aliphatic heterocycles. The number of fused-ring (bicyclic) bond motifs is 3. The molecule has 0 unspecified atom stereocenters. The topological polar surface area (TPSA) is 52.8 Å². The molecule has 160 valence electrons. The number of rotatable bonds is 5. The molecule has 0 aliphatic carbocycles. The van der Waals surface area contributed by atoms with Gasteiger partial charge in [0.05, 0.1) is 17.9 Å². The molecule has 5 nitrogen and oxygen atoms in total. The largest absolute Gasteiger partial charge is 0.370 e. The van der Waals surface area contributed by atoms with E-state index in [1.54, 1.807) is 11.3 Å². The van der Waals surface area contributed by atoms with Crippen LogP contribution in [0.5, 0.6) is 0 Å². The molecule has 0 N–H and O–H groups in total. The van der Waals surface area contributed by atoms with Crippen molar-refractivity contribution < 1.29 is 4.74 Å². The van der Waals surface area contributed by atoms with Gasteiger partial charge in [0.1, 0.15) is 9.86 Å². The molecule has 0 radical (unpaired) electrons. The number of aryl methyl sites for hydroxylation is 3. The zero-order valence-corrected chi connectivity index (χ0v) is 19.9. The molecule has 0 amide bonds. The molecule has 4 aromatic rings. The first-order valence-corrected chi connectivity index (χ1v) is 12.4. The summed E-state index contributed by atoms with van der Waals surface area (Å²) in [5.41, 5.74) is 4.56. The normalized spacial score (nSPS) is 15.4. The Bertz CT molecular complexity index is 1240. The van der Waals surface area contributed by atoms with Gasteiger partial charge in [-0.3, -0.25) is 0 Å². The Morgan fingerprint density at radius 1 is 1.16 bits per heavy atom. The fourth-order valence-electron chi connectivity index (χ4n) is 4.04. The van der Waals surface area contributed by atoms with Crippen LogP contribution >= 0.6 is 23.1 Å². The highest BCUT2D eigenvalue weighted by molar-refractivity contribution is 7.99. The third kappa shape index (κ3) is 4.14. The number of hydrogen-bond donors (Lipinski definition) is 0. The highest BCUT2D eigenvalue weighted by Crippen LogP contribution is 2.42. The van der Waals surface area contributed by atoms with Crippen molar-refractivity contribution in [3.05, 3.63) is 63.8 Å². The minimum atomic E-state index is -0.165. The van der Waals surface area contributed by atoms with E-state index in [-0.39, 0.29) is 5.60 Å². The number of thioether (sulfide) groups is 1. The van der Waals surface area contributed by atoms with E-state index in [0.29, 0.717) is 12.6 Å². The van der Waals surface area contributed by atoms with E-state index in [9.17, 15) is 0 Å². The summed E-state index contributed by atoms with van der Waals surface area (Å²) in [6.45, 7) is 9.01. The van der Waals surface area contributed by atoms with Crippen molar-refractivity contribution in [1.29, 1.82) is 0 Å². The first kappa shape index (κ1) is 20.7. The fraction of sp³-hybridized carbons (Fsp3) is 0.375. The van der Waals surface area contributed by atoms with Crippen LogP contribution < -0.4 is 0 Å². The maximum Gasteiger partial charge on any atom is 0.253 e. The van der Waals surface area contributed by atoms with Crippen molar-refractivity contribution in [2.75, 3.05) is 5.75 Å². The lowest BCUT2D eigenvalue weighted by atomic mass is 9.95. The molecule has 0 saturated carbocycles. The summed E-state index contributed by atoms with van der Waals surface area (Å²) >= 11 is 3.55. The molecule has 3 aromatic heterocycles. The average Bonchev–Trinajstić information content (AvgIpc) is 3.26. The van der Waals surface area contributed by atoms with Crippen LogP contribution in [-0.4, -0.2) is 31.1 Å². The van der Waals surface area contributed by atoms with Gasteiger partial charge in [-0.15, -0.1) is 23.1 Å². The summed E-state index contributed by atoms with van der Waals surface area (Å²) in [5.74, 6) is 1.62. The monoisotopic (exact) mass is 450 g/mol. The van der Waals surface area contributed by atoms with E-state index in [4.69, 9.17) is 14.7 Å². The van der Waals surface area contributed by atoms with Crippen LogP contribution in [0.2, 0.25) is 0 Å². The summed E-state index contributed by atoms with van der Waals surface area (Å²) < 4.78 is 7.93. The Hall–Kier alpha value is -2.22. The quantitative estimate of drug-likeness (QED) is 0.289. The molecule has 0 bridgehead atoms. The number of thiophene rings is 1. The Morgan fingerprint density at radius 2 is 1.97 bits per heavy atom. The molecule has 7 heteroatoms. The molecule has 5 rings (SSSR count). The van der Waals surface area contributed by atoms with Crippen LogP contribution in [0.15, 0.2) is 41.4 Å². The van der Waals surface area contributed by atoms with Gasteiger partial charge < -0.3 is 4.74 Å². The molecule has 1 aromatic carbocycles. The SMILES string of the molecule is Cc1cc(C)n(-c2nc(SCCc3ccccc3)c3c4c(sc3n2)COC(C)(C)C4)n1. The second kappa shape index (κ2) is 8.04. The number of aromatic nitrogens is 4. The van der Waals surface area contributed by atoms with Crippen molar-refractivity contribution in [2.45, 2.75) is 57.8 Å². The Balaban J connectivity index is 1.57. The number of hydrogen-bond acceptors (Lipinski definition) is 6. The third-order valence-corrected chi connectivity index (χ3v) is 7.63. The van der Waals surface area contributed by atoms with Crippen molar-refractivity contribution in [3.8, 4) is 5.95 Å². The molecule has 0 atom stereocenters. The molecular formula is C24H26N4OS2. The van der Waals surface area contributed by atoms with Gasteiger partial charge in [0.2, 0.25) is 0 Å². The Kier molecular flexibility index (Phi) is 5.36. The highest BCUT2D eigenvalue weighted by Gasteiger charge is 2.31. The summed E-state index contributed by atoms with van der Waals surface area (Å²) in [4.78, 5) is 12.3. The third-order valence-electron chi connectivity index (χ3n) is 5.56. The van der Waals surface area contributed by atoms with Crippen molar-refractivity contribution in [1.82, 2.24) is 19.7 Å². The number of nitrogens with zero attached hydrogens (tertiary/aromatic N) is 4. The number of ether oxygens (including phenoxy) is 1. The second-order valence-electron chi connectivity index (χ2n) is 8.66. The maximum absolute atomic E-state index is 6.08. The molecular weight excluding hydrogens is 424 g/mol. The summed E-state index contributed by atoms with van der Waals surface area (Å²) in [6.07, 6.45) is 1.89. The van der Waals surface area contributed by atoms with Crippen LogP contribution in [0.3, 0.4) is 0 Å². The maximum atomic E-state index is 6.08. The van der Waals surface area contributed by atoms with Gasteiger partial charge in [-0.25, -0.2) is 9.67 Å². The fourth-order valence-corrected chi connectivity index (χ4v) is 6.25. The van der Waals surface area contributed by atoms with Gasteiger partial charge in [0.15, 0.2) is 0 Å². The molecule has 4 heterocycles. The zero-order valence-electron chi connectivity index (χ0n) is 18.3. The second-order valence-corrected chi connectivity index (χ2v) is 10.8. The molecule has 0 fully saturated rings. The van der Waals surface area contributed by atoms with Gasteiger partial charge in [0.25, 0.3) is 5.95 Å². The summed E-state index contributed by atoms with van der Waals surface area (Å²) in [7, 11) is 0. The highest BCUT2D eigenvalue weighted by atomic mass is 32.2. The van der Waals surface area contributed by atoms with E-state index in [1.165, 1.54) is 21.4 Å². The van der Waals surface area contributed by atoms with Crippen LogP contribution in [0, 0.1) is 13.8 Å². The number of benzene rings is 1. The predicted octanol–water partition coefficient (Wildman–Crippen LogP) is 5.68. The lowest BCUT2D eigenvalue weighted by Gasteiger charge is -2.30. The average molecular weight is 451 g/mol. The van der Waals surface area contributed by atoms with Crippen LogP contribution in [-0.2, 0) is 24.2 Å². The van der Waals surface area contributed by atoms with Crippen LogP contribution in [0.4, 0.5) is 0 Å². The molecule has 31 heavy (non-hydrogen) atoms. The van der Waals surface area contributed by atoms with Crippen molar-refractivity contribution in [3.63, 3.8) is 0 Å². The van der Waals surface area contributed by atoms with Crippen molar-refractivity contribution in [2.24, 2.45) is 0 Å². The Labute approximate surface area is 190 Å². The summed E-state index contributed by atoms with van der Waals surface area (Å²) in [5, 5.41) is 6.89. The van der Waals surface area contributed by atoms with E-state index in [2.05, 4.69) is 55.3 Å². The van der Waals surface area contributed by atoms with E-state index >= 15 is 0 Å². The van der Waals surface area contributed by atoms with Gasteiger partial charge in [-0.1, -0.05) is 30.3 Å². The molecule has 1 aliphatic rings. The van der Waals surface area contributed by atoms with Crippen LogP contribution in [0.1, 0.15) is 41.2 Å². The standard InChI is InChI=1S/C24H26N4OS2/c1-15-12-16(2)28(27-15)23-25-21(30-11-10-17-8-6-5-7-9-17)20-18-13-24(3,4)29-14-19(18)31-22(20)26-23/h5-9,12H,10-11,13-14H2,1-4H3. The van der Waals surface area contributed by atoms with Gasteiger partial charge in [-0.05, 0) is 51.3 Å². The zero-order chi connectivity index (χ0) is 21.6. The van der Waals surface area contributed by atoms with Crippen molar-refractivity contribution >= 4 is 33.3 Å². The van der Waals surface area contributed by atoms with E-state index in [0.717, 1.165) is 39.8 Å². The van der Waals surface area contributed by atoms with Gasteiger partial charge in [-0.2, -0.15) is 10.1 Å². The lowest BCUT2D eigenvalue weighted by Crippen LogP contribution is -2.31. The molecule has 0 saturated heterocycles. The molecule has 0 spiro atoms. The first-order valence-electron chi connectivity index (χ1n) is 10.6. The van der Waals surface area contributed by atoms with E-state index in [1.807, 2.05) is 30.3 Å². The van der Waals surface area contributed by atoms with E-state index < -0.39 is 0 Å². The lowest BCUT2D eigenvalue weighted by molar-refractivity contribution is -0.0379. The van der Waals surface area contributed by atoms with Crippen LogP contribution in [0.25, 0.3) is 16.2 Å². The van der Waals surface area contributed by atoms with Gasteiger partial charge in [0, 0.05) is 28.1 Å². The predicted molar refractivity (Wildman–Crippen MR) is 127 cm³/mol. The smallest absolute Gasteiger partial charge is 0.253 e. The minimum absolute atomic E-state index is 0.165. The first-order chi connectivity index (χ1) is 14.9. The summed E-state index contributed by atoms with van der Waals surface area (Å²) in [6, 6.07) is 12.7. The minimum Gasteiger partial charge on any atom is -0.370 e. The van der Waals surface area contributed by atoms with Gasteiger partial charge >= 0.3 is 0 Å².